The number of benzene rings is 1. The van der Waals surface area contributed by atoms with E-state index in [-0.39, 0.29) is 19.1 Å². The predicted octanol–water partition coefficient (Wildman–Crippen LogP) is 4.72. The number of nitrogens with zero attached hydrogens (tertiary/aromatic N) is 1. The van der Waals surface area contributed by atoms with Gasteiger partial charge < -0.3 is 15.2 Å². The molecule has 2 aliphatic carbocycles. The van der Waals surface area contributed by atoms with Crippen molar-refractivity contribution in [2.24, 2.45) is 5.92 Å². The minimum absolute atomic E-state index is 0.142. The molecular weight excluding hydrogens is 447 g/mol. The predicted molar refractivity (Wildman–Crippen MR) is 131 cm³/mol. The summed E-state index contributed by atoms with van der Waals surface area (Å²) < 4.78 is 19.4. The standard InChI is InChI=1S/C28H35FN2O4/c1-17-13-21(29)14-18(2)26(17)27(32)31-25(28(33)34)11-12-35-23-15-19(16-23)7-9-22-10-8-20-5-3-4-6-24(20)30-22/h8,10,13-14,19,23,25H,3-7,9,11-12,15-16H2,1-2H3,(H,31,32)(H,33,34). The Bertz CT molecular complexity index is 1060. The van der Waals surface area contributed by atoms with Crippen LogP contribution in [-0.2, 0) is 28.8 Å². The fourth-order valence-corrected chi connectivity index (χ4v) is 5.27. The van der Waals surface area contributed by atoms with Crippen LogP contribution < -0.4 is 5.32 Å². The van der Waals surface area contributed by atoms with Crippen LogP contribution in [0.4, 0.5) is 4.39 Å². The lowest BCUT2D eigenvalue weighted by molar-refractivity contribution is -0.140. The van der Waals surface area contributed by atoms with Crippen molar-refractivity contribution in [1.82, 2.24) is 10.3 Å². The van der Waals surface area contributed by atoms with E-state index < -0.39 is 23.7 Å². The molecule has 7 heteroatoms. The molecule has 0 spiro atoms. The zero-order valence-corrected chi connectivity index (χ0v) is 20.6. The van der Waals surface area contributed by atoms with E-state index in [0.717, 1.165) is 38.5 Å². The summed E-state index contributed by atoms with van der Waals surface area (Å²) in [6, 6.07) is 5.91. The third-order valence-electron chi connectivity index (χ3n) is 7.33. The number of hydrogen-bond acceptors (Lipinski definition) is 4. The summed E-state index contributed by atoms with van der Waals surface area (Å²) in [7, 11) is 0. The molecule has 1 unspecified atom stereocenters. The molecule has 1 fully saturated rings. The Morgan fingerprint density at radius 3 is 2.60 bits per heavy atom. The number of amides is 1. The minimum Gasteiger partial charge on any atom is -0.480 e. The number of aryl methyl sites for hydroxylation is 5. The van der Waals surface area contributed by atoms with Crippen molar-refractivity contribution in [1.29, 1.82) is 0 Å². The number of aliphatic carboxylic acids is 1. The van der Waals surface area contributed by atoms with Gasteiger partial charge in [-0.1, -0.05) is 6.07 Å². The van der Waals surface area contributed by atoms with Crippen molar-refractivity contribution in [2.75, 3.05) is 6.61 Å². The SMILES string of the molecule is Cc1cc(F)cc(C)c1C(=O)NC(CCOC1CC(CCc2ccc3c(n2)CCCC3)C1)C(=O)O. The minimum atomic E-state index is -1.11. The first-order valence-electron chi connectivity index (χ1n) is 12.7. The summed E-state index contributed by atoms with van der Waals surface area (Å²) in [6.45, 7) is 3.54. The molecule has 1 aromatic carbocycles. The number of carboxylic acid groups (broad SMARTS) is 1. The molecule has 188 valence electrons. The Labute approximate surface area is 206 Å². The van der Waals surface area contributed by atoms with Crippen LogP contribution in [-0.4, -0.2) is 40.7 Å². The number of carboxylic acids is 1. The number of ether oxygens (including phenoxy) is 1. The Morgan fingerprint density at radius 1 is 1.17 bits per heavy atom. The number of hydrogen-bond donors (Lipinski definition) is 2. The van der Waals surface area contributed by atoms with Crippen LogP contribution >= 0.6 is 0 Å². The average molecular weight is 483 g/mol. The summed E-state index contributed by atoms with van der Waals surface area (Å²) in [5.41, 5.74) is 5.15. The lowest BCUT2D eigenvalue weighted by Crippen LogP contribution is -2.42. The summed E-state index contributed by atoms with van der Waals surface area (Å²) >= 11 is 0. The fraction of sp³-hybridized carbons (Fsp3) is 0.536. The zero-order chi connectivity index (χ0) is 24.9. The summed E-state index contributed by atoms with van der Waals surface area (Å²) in [6.07, 6.45) is 9.12. The first-order valence-corrected chi connectivity index (χ1v) is 12.7. The maximum atomic E-state index is 13.5. The van der Waals surface area contributed by atoms with Crippen molar-refractivity contribution < 1.29 is 23.8 Å². The van der Waals surface area contributed by atoms with Crippen LogP contribution in [0.3, 0.4) is 0 Å². The monoisotopic (exact) mass is 482 g/mol. The molecule has 1 aromatic heterocycles. The summed E-state index contributed by atoms with van der Waals surface area (Å²) in [5, 5.41) is 12.1. The number of halogens is 1. The van der Waals surface area contributed by atoms with Gasteiger partial charge in [0.25, 0.3) is 5.91 Å². The van der Waals surface area contributed by atoms with Crippen LogP contribution in [0.25, 0.3) is 0 Å². The van der Waals surface area contributed by atoms with E-state index in [2.05, 4.69) is 17.4 Å². The van der Waals surface area contributed by atoms with Crippen LogP contribution in [0.15, 0.2) is 24.3 Å². The Hall–Kier alpha value is -2.80. The maximum absolute atomic E-state index is 13.5. The third kappa shape index (κ3) is 6.45. The van der Waals surface area contributed by atoms with Gasteiger partial charge in [0.1, 0.15) is 11.9 Å². The molecule has 1 saturated carbocycles. The number of fused-ring (bicyclic) bond motifs is 1. The first kappa shape index (κ1) is 25.3. The third-order valence-corrected chi connectivity index (χ3v) is 7.33. The van der Waals surface area contributed by atoms with Crippen LogP contribution in [0, 0.1) is 25.6 Å². The lowest BCUT2D eigenvalue weighted by Gasteiger charge is -2.35. The van der Waals surface area contributed by atoms with E-state index >= 15 is 0 Å². The second kappa shape index (κ2) is 11.3. The highest BCUT2D eigenvalue weighted by molar-refractivity contribution is 5.99. The van der Waals surface area contributed by atoms with Crippen molar-refractivity contribution in [3.8, 4) is 0 Å². The van der Waals surface area contributed by atoms with Gasteiger partial charge in [0.15, 0.2) is 0 Å². The normalized spacial score (nSPS) is 20.0. The van der Waals surface area contributed by atoms with E-state index in [1.54, 1.807) is 13.8 Å². The van der Waals surface area contributed by atoms with Crippen LogP contribution in [0.5, 0.6) is 0 Å². The molecule has 4 rings (SSSR count). The highest BCUT2D eigenvalue weighted by Crippen LogP contribution is 2.34. The highest BCUT2D eigenvalue weighted by Gasteiger charge is 2.30. The Balaban J connectivity index is 1.18. The number of carbonyl (C=O) groups is 2. The van der Waals surface area contributed by atoms with E-state index in [0.29, 0.717) is 22.6 Å². The Morgan fingerprint density at radius 2 is 1.89 bits per heavy atom. The van der Waals surface area contributed by atoms with Gasteiger partial charge >= 0.3 is 5.97 Å². The first-order chi connectivity index (χ1) is 16.8. The molecule has 2 aromatic rings. The van der Waals surface area contributed by atoms with Gasteiger partial charge in [-0.15, -0.1) is 0 Å². The van der Waals surface area contributed by atoms with E-state index in [1.807, 2.05) is 0 Å². The molecule has 1 atom stereocenters. The van der Waals surface area contributed by atoms with Crippen molar-refractivity contribution in [3.05, 3.63) is 63.7 Å². The van der Waals surface area contributed by atoms with Gasteiger partial charge in [-0.2, -0.15) is 0 Å². The molecule has 2 aliphatic rings. The largest absolute Gasteiger partial charge is 0.480 e. The topological polar surface area (TPSA) is 88.5 Å². The van der Waals surface area contributed by atoms with Gasteiger partial charge in [-0.25, -0.2) is 9.18 Å². The number of nitrogens with one attached hydrogen (secondary N) is 1. The van der Waals surface area contributed by atoms with E-state index in [1.165, 1.54) is 41.9 Å². The summed E-state index contributed by atoms with van der Waals surface area (Å²) in [5.74, 6) is -1.43. The van der Waals surface area contributed by atoms with Gasteiger partial charge in [0, 0.05) is 30.0 Å². The van der Waals surface area contributed by atoms with Crippen molar-refractivity contribution >= 4 is 11.9 Å². The highest BCUT2D eigenvalue weighted by atomic mass is 19.1. The molecule has 0 bridgehead atoms. The second-order valence-corrected chi connectivity index (χ2v) is 10.1. The number of pyridine rings is 1. The zero-order valence-electron chi connectivity index (χ0n) is 20.6. The summed E-state index contributed by atoms with van der Waals surface area (Å²) in [4.78, 5) is 29.2. The molecule has 6 nitrogen and oxygen atoms in total. The van der Waals surface area contributed by atoms with Gasteiger partial charge in [0.05, 0.1) is 6.10 Å². The van der Waals surface area contributed by atoms with E-state index in [9.17, 15) is 19.1 Å². The van der Waals surface area contributed by atoms with Gasteiger partial charge in [-0.3, -0.25) is 9.78 Å². The number of rotatable bonds is 10. The van der Waals surface area contributed by atoms with Gasteiger partial charge in [0.2, 0.25) is 0 Å². The van der Waals surface area contributed by atoms with Crippen molar-refractivity contribution in [3.63, 3.8) is 0 Å². The Kier molecular flexibility index (Phi) is 8.16. The molecule has 0 saturated heterocycles. The smallest absolute Gasteiger partial charge is 0.326 e. The molecule has 1 amide bonds. The molecule has 1 heterocycles. The maximum Gasteiger partial charge on any atom is 0.326 e. The average Bonchev–Trinajstić information content (AvgIpc) is 2.78. The lowest BCUT2D eigenvalue weighted by atomic mass is 9.79. The van der Waals surface area contributed by atoms with Crippen LogP contribution in [0.1, 0.15) is 77.0 Å². The van der Waals surface area contributed by atoms with E-state index in [4.69, 9.17) is 9.72 Å². The molecular formula is C28H35FN2O4. The molecule has 35 heavy (non-hydrogen) atoms. The molecule has 2 N–H and O–H groups in total. The second-order valence-electron chi connectivity index (χ2n) is 10.1. The van der Waals surface area contributed by atoms with Crippen LogP contribution in [0.2, 0.25) is 0 Å². The quantitative estimate of drug-likeness (QED) is 0.512. The van der Waals surface area contributed by atoms with Gasteiger partial charge in [-0.05, 0) is 106 Å². The fourth-order valence-electron chi connectivity index (χ4n) is 5.27. The molecule has 0 aliphatic heterocycles. The number of carbonyl (C=O) groups excluding carboxylic acids is 1. The number of aromatic nitrogens is 1. The van der Waals surface area contributed by atoms with Crippen molar-refractivity contribution in [2.45, 2.75) is 83.8 Å². The molecule has 0 radical (unpaired) electrons.